The second kappa shape index (κ2) is 6.06. The van der Waals surface area contributed by atoms with Crippen LogP contribution in [0.25, 0.3) is 0 Å². The third kappa shape index (κ3) is 3.26. The van der Waals surface area contributed by atoms with E-state index in [0.29, 0.717) is 6.61 Å². The van der Waals surface area contributed by atoms with E-state index < -0.39 is 11.6 Å². The van der Waals surface area contributed by atoms with Crippen molar-refractivity contribution in [1.82, 2.24) is 15.0 Å². The average molecular weight is 282 g/mol. The second-order valence-corrected chi connectivity index (χ2v) is 3.59. The minimum absolute atomic E-state index is 0.00904. The lowest BCUT2D eigenvalue weighted by atomic mass is 10.3. The van der Waals surface area contributed by atoms with Crippen molar-refractivity contribution < 1.29 is 13.5 Å². The van der Waals surface area contributed by atoms with Crippen molar-refractivity contribution in [2.24, 2.45) is 5.84 Å². The van der Waals surface area contributed by atoms with Crippen LogP contribution >= 0.6 is 0 Å². The van der Waals surface area contributed by atoms with Gasteiger partial charge in [0, 0.05) is 6.07 Å². The molecule has 0 bridgehead atoms. The first kappa shape index (κ1) is 13.9. The minimum Gasteiger partial charge on any atom is -0.464 e. The van der Waals surface area contributed by atoms with Crippen molar-refractivity contribution in [2.75, 3.05) is 17.3 Å². The molecule has 7 nitrogen and oxygen atoms in total. The monoisotopic (exact) mass is 282 g/mol. The van der Waals surface area contributed by atoms with Crippen LogP contribution in [-0.2, 0) is 0 Å². The Kier molecular flexibility index (Phi) is 4.20. The summed E-state index contributed by atoms with van der Waals surface area (Å²) in [6, 6.07) is 2.99. The summed E-state index contributed by atoms with van der Waals surface area (Å²) >= 11 is 0. The van der Waals surface area contributed by atoms with E-state index in [4.69, 9.17) is 10.6 Å². The molecule has 20 heavy (non-hydrogen) atoms. The summed E-state index contributed by atoms with van der Waals surface area (Å²) in [4.78, 5) is 11.6. The summed E-state index contributed by atoms with van der Waals surface area (Å²) in [7, 11) is 0. The van der Waals surface area contributed by atoms with Crippen molar-refractivity contribution in [3.63, 3.8) is 0 Å². The quantitative estimate of drug-likeness (QED) is 0.565. The third-order valence-electron chi connectivity index (χ3n) is 2.19. The van der Waals surface area contributed by atoms with Gasteiger partial charge in [-0.25, -0.2) is 14.6 Å². The molecule has 0 radical (unpaired) electrons. The number of hydrogen-bond acceptors (Lipinski definition) is 7. The number of halogens is 2. The van der Waals surface area contributed by atoms with Gasteiger partial charge in [-0.05, 0) is 19.1 Å². The summed E-state index contributed by atoms with van der Waals surface area (Å²) in [6.07, 6.45) is 0. The number of anilines is 3. The molecule has 106 valence electrons. The van der Waals surface area contributed by atoms with Gasteiger partial charge < -0.3 is 10.1 Å². The summed E-state index contributed by atoms with van der Waals surface area (Å²) in [5.41, 5.74) is 2.12. The molecule has 0 fully saturated rings. The van der Waals surface area contributed by atoms with Gasteiger partial charge in [0.05, 0.1) is 12.3 Å². The van der Waals surface area contributed by atoms with Crippen LogP contribution in [0.4, 0.5) is 26.4 Å². The smallest absolute Gasteiger partial charge is 0.323 e. The molecular weight excluding hydrogens is 270 g/mol. The number of nitrogens with zero attached hydrogens (tertiary/aromatic N) is 3. The van der Waals surface area contributed by atoms with Gasteiger partial charge >= 0.3 is 6.01 Å². The number of ether oxygens (including phenoxy) is 1. The first-order valence-electron chi connectivity index (χ1n) is 5.70. The highest BCUT2D eigenvalue weighted by Gasteiger charge is 2.10. The Morgan fingerprint density at radius 1 is 1.20 bits per heavy atom. The SMILES string of the molecule is CCOc1nc(NN)nc(Nc2cc(F)ccc2F)n1. The number of nitrogens with two attached hydrogens (primary N) is 1. The highest BCUT2D eigenvalue weighted by Crippen LogP contribution is 2.20. The van der Waals surface area contributed by atoms with E-state index in [2.05, 4.69) is 25.7 Å². The van der Waals surface area contributed by atoms with E-state index in [9.17, 15) is 8.78 Å². The molecule has 0 atom stereocenters. The molecule has 4 N–H and O–H groups in total. The van der Waals surface area contributed by atoms with Gasteiger partial charge in [0.1, 0.15) is 11.6 Å². The Hall–Kier alpha value is -2.55. The maximum Gasteiger partial charge on any atom is 0.323 e. The molecule has 1 aromatic heterocycles. The topological polar surface area (TPSA) is 98.0 Å². The fraction of sp³-hybridized carbons (Fsp3) is 0.182. The molecule has 0 amide bonds. The second-order valence-electron chi connectivity index (χ2n) is 3.59. The molecule has 1 heterocycles. The van der Waals surface area contributed by atoms with E-state index in [-0.39, 0.29) is 23.6 Å². The van der Waals surface area contributed by atoms with E-state index in [1.807, 2.05) is 0 Å². The van der Waals surface area contributed by atoms with Crippen LogP contribution in [0.1, 0.15) is 6.92 Å². The molecule has 9 heteroatoms. The molecule has 1 aromatic carbocycles. The van der Waals surface area contributed by atoms with E-state index in [1.165, 1.54) is 0 Å². The Bertz CT molecular complexity index is 609. The predicted molar refractivity (Wildman–Crippen MR) is 68.4 cm³/mol. The molecular formula is C11H12F2N6O. The standard InChI is InChI=1S/C11H12F2N6O/c1-2-20-11-17-9(16-10(18-11)19-14)15-8-5-6(12)3-4-7(8)13/h3-5H,2,14H2,1H3,(H2,15,16,17,18,19). The molecule has 2 aromatic rings. The lowest BCUT2D eigenvalue weighted by Crippen LogP contribution is -2.13. The van der Waals surface area contributed by atoms with Crippen LogP contribution in [0.2, 0.25) is 0 Å². The van der Waals surface area contributed by atoms with Crippen molar-refractivity contribution >= 4 is 17.6 Å². The average Bonchev–Trinajstić information content (AvgIpc) is 2.43. The zero-order valence-corrected chi connectivity index (χ0v) is 10.5. The Balaban J connectivity index is 2.32. The lowest BCUT2D eigenvalue weighted by molar-refractivity contribution is 0.312. The number of hydrazine groups is 1. The fourth-order valence-electron chi connectivity index (χ4n) is 1.38. The van der Waals surface area contributed by atoms with Gasteiger partial charge in [0.2, 0.25) is 11.9 Å². The molecule has 0 saturated heterocycles. The maximum atomic E-state index is 13.5. The number of aromatic nitrogens is 3. The molecule has 0 aliphatic carbocycles. The molecule has 2 rings (SSSR count). The van der Waals surface area contributed by atoms with Crippen LogP contribution in [0.15, 0.2) is 18.2 Å². The van der Waals surface area contributed by atoms with Gasteiger partial charge in [0.25, 0.3) is 0 Å². The third-order valence-corrected chi connectivity index (χ3v) is 2.19. The fourth-order valence-corrected chi connectivity index (χ4v) is 1.38. The summed E-state index contributed by atoms with van der Waals surface area (Å²) in [5.74, 6) is 3.98. The largest absolute Gasteiger partial charge is 0.464 e. The van der Waals surface area contributed by atoms with E-state index >= 15 is 0 Å². The maximum absolute atomic E-state index is 13.5. The normalized spacial score (nSPS) is 10.2. The molecule has 0 spiro atoms. The van der Waals surface area contributed by atoms with Crippen LogP contribution in [0, 0.1) is 11.6 Å². The van der Waals surface area contributed by atoms with Gasteiger partial charge in [-0.1, -0.05) is 0 Å². The first-order chi connectivity index (χ1) is 9.62. The Morgan fingerprint density at radius 2 is 1.95 bits per heavy atom. The number of hydrogen-bond donors (Lipinski definition) is 3. The van der Waals surface area contributed by atoms with Gasteiger partial charge in [0.15, 0.2) is 0 Å². The number of nitrogen functional groups attached to an aromatic ring is 1. The molecule has 0 saturated carbocycles. The number of benzene rings is 1. The van der Waals surface area contributed by atoms with Crippen molar-refractivity contribution in [1.29, 1.82) is 0 Å². The van der Waals surface area contributed by atoms with Crippen molar-refractivity contribution in [2.45, 2.75) is 6.92 Å². The van der Waals surface area contributed by atoms with E-state index in [1.54, 1.807) is 6.92 Å². The van der Waals surface area contributed by atoms with Crippen LogP contribution < -0.4 is 21.3 Å². The summed E-state index contributed by atoms with van der Waals surface area (Å²) in [5, 5.41) is 2.53. The van der Waals surface area contributed by atoms with Gasteiger partial charge in [-0.3, -0.25) is 5.43 Å². The predicted octanol–water partition coefficient (Wildman–Crippen LogP) is 1.58. The van der Waals surface area contributed by atoms with E-state index in [0.717, 1.165) is 18.2 Å². The molecule has 0 aliphatic rings. The summed E-state index contributed by atoms with van der Waals surface area (Å²) < 4.78 is 31.7. The molecule has 0 aliphatic heterocycles. The summed E-state index contributed by atoms with van der Waals surface area (Å²) in [6.45, 7) is 2.08. The van der Waals surface area contributed by atoms with Crippen LogP contribution in [0.3, 0.4) is 0 Å². The van der Waals surface area contributed by atoms with Crippen molar-refractivity contribution in [3.8, 4) is 6.01 Å². The zero-order valence-electron chi connectivity index (χ0n) is 10.5. The Labute approximate surface area is 113 Å². The Morgan fingerprint density at radius 3 is 2.65 bits per heavy atom. The highest BCUT2D eigenvalue weighted by molar-refractivity contribution is 5.55. The van der Waals surface area contributed by atoms with Gasteiger partial charge in [-0.2, -0.15) is 15.0 Å². The van der Waals surface area contributed by atoms with Crippen molar-refractivity contribution in [3.05, 3.63) is 29.8 Å². The number of nitrogens with one attached hydrogen (secondary N) is 2. The first-order valence-corrected chi connectivity index (χ1v) is 5.70. The highest BCUT2D eigenvalue weighted by atomic mass is 19.1. The van der Waals surface area contributed by atoms with Gasteiger partial charge in [-0.15, -0.1) is 0 Å². The lowest BCUT2D eigenvalue weighted by Gasteiger charge is -2.09. The van der Waals surface area contributed by atoms with Crippen LogP contribution in [-0.4, -0.2) is 21.6 Å². The number of rotatable bonds is 5. The van der Waals surface area contributed by atoms with Crippen LogP contribution in [0.5, 0.6) is 6.01 Å². The molecule has 0 unspecified atom stereocenters. The minimum atomic E-state index is -0.646. The zero-order chi connectivity index (χ0) is 14.5.